The minimum Gasteiger partial charge on any atom is -0.300 e. The molecule has 0 aromatic carbocycles. The molecule has 0 aromatic rings. The van der Waals surface area contributed by atoms with E-state index in [1.54, 1.807) is 0 Å². The standard InChI is InChI=1S/C10H19N/c1-3-11-7-9-5-4-6-10(9)8(11)2/h8-10H,3-7H2,1-2H3. The van der Waals surface area contributed by atoms with Gasteiger partial charge in [-0.25, -0.2) is 0 Å². The molecule has 2 rings (SSSR count). The zero-order valence-corrected chi connectivity index (χ0v) is 7.71. The van der Waals surface area contributed by atoms with Crippen LogP contribution in [0, 0.1) is 11.8 Å². The molecule has 3 unspecified atom stereocenters. The second-order valence-electron chi connectivity index (χ2n) is 4.18. The SMILES string of the molecule is CCN1CC2CCCC2C1C. The first-order valence-corrected chi connectivity index (χ1v) is 5.07. The van der Waals surface area contributed by atoms with Gasteiger partial charge < -0.3 is 4.90 Å². The maximum atomic E-state index is 2.65. The molecule has 1 nitrogen and oxygen atoms in total. The van der Waals surface area contributed by atoms with Crippen LogP contribution in [0.3, 0.4) is 0 Å². The van der Waals surface area contributed by atoms with E-state index in [4.69, 9.17) is 0 Å². The Hall–Kier alpha value is -0.0400. The first-order valence-electron chi connectivity index (χ1n) is 5.07. The summed E-state index contributed by atoms with van der Waals surface area (Å²) in [6.45, 7) is 7.35. The van der Waals surface area contributed by atoms with Crippen LogP contribution in [0.2, 0.25) is 0 Å². The van der Waals surface area contributed by atoms with E-state index in [2.05, 4.69) is 18.7 Å². The molecular weight excluding hydrogens is 134 g/mol. The van der Waals surface area contributed by atoms with E-state index in [-0.39, 0.29) is 0 Å². The van der Waals surface area contributed by atoms with Crippen molar-refractivity contribution in [3.63, 3.8) is 0 Å². The normalized spacial score (nSPS) is 44.7. The number of hydrogen-bond acceptors (Lipinski definition) is 1. The first-order chi connectivity index (χ1) is 5.33. The van der Waals surface area contributed by atoms with E-state index in [1.165, 1.54) is 32.4 Å². The van der Waals surface area contributed by atoms with Crippen molar-refractivity contribution in [3.05, 3.63) is 0 Å². The van der Waals surface area contributed by atoms with Crippen LogP contribution in [0.5, 0.6) is 0 Å². The summed E-state index contributed by atoms with van der Waals surface area (Å²) < 4.78 is 0. The van der Waals surface area contributed by atoms with Crippen molar-refractivity contribution in [1.82, 2.24) is 4.90 Å². The second kappa shape index (κ2) is 2.78. The van der Waals surface area contributed by atoms with Gasteiger partial charge in [0.15, 0.2) is 0 Å². The fourth-order valence-electron chi connectivity index (χ4n) is 3.08. The van der Waals surface area contributed by atoms with Gasteiger partial charge in [-0.3, -0.25) is 0 Å². The Balaban J connectivity index is 2.04. The van der Waals surface area contributed by atoms with Gasteiger partial charge in [0.05, 0.1) is 0 Å². The van der Waals surface area contributed by atoms with Crippen LogP contribution in [0.4, 0.5) is 0 Å². The van der Waals surface area contributed by atoms with Crippen molar-refractivity contribution in [2.75, 3.05) is 13.1 Å². The van der Waals surface area contributed by atoms with E-state index >= 15 is 0 Å². The van der Waals surface area contributed by atoms with Crippen molar-refractivity contribution in [3.8, 4) is 0 Å². The van der Waals surface area contributed by atoms with Crippen LogP contribution in [-0.2, 0) is 0 Å². The average Bonchev–Trinajstić information content (AvgIpc) is 2.53. The molecule has 2 aliphatic rings. The minimum absolute atomic E-state index is 0.882. The Morgan fingerprint density at radius 1 is 1.36 bits per heavy atom. The lowest BCUT2D eigenvalue weighted by molar-refractivity contribution is 0.248. The smallest absolute Gasteiger partial charge is 0.00983 e. The summed E-state index contributed by atoms with van der Waals surface area (Å²) in [6, 6.07) is 0.882. The molecule has 64 valence electrons. The summed E-state index contributed by atoms with van der Waals surface area (Å²) in [5.41, 5.74) is 0. The number of nitrogens with zero attached hydrogens (tertiary/aromatic N) is 1. The maximum Gasteiger partial charge on any atom is 0.00983 e. The summed E-state index contributed by atoms with van der Waals surface area (Å²) in [4.78, 5) is 2.65. The highest BCUT2D eigenvalue weighted by Crippen LogP contribution is 2.41. The Morgan fingerprint density at radius 2 is 2.18 bits per heavy atom. The number of fused-ring (bicyclic) bond motifs is 1. The Bertz CT molecular complexity index is 144. The number of rotatable bonds is 1. The van der Waals surface area contributed by atoms with E-state index < -0.39 is 0 Å². The largest absolute Gasteiger partial charge is 0.300 e. The van der Waals surface area contributed by atoms with Gasteiger partial charge in [0.25, 0.3) is 0 Å². The van der Waals surface area contributed by atoms with Gasteiger partial charge in [0.2, 0.25) is 0 Å². The van der Waals surface area contributed by atoms with Crippen LogP contribution >= 0.6 is 0 Å². The summed E-state index contributed by atoms with van der Waals surface area (Å²) >= 11 is 0. The summed E-state index contributed by atoms with van der Waals surface area (Å²) in [5, 5.41) is 0. The molecule has 1 saturated heterocycles. The van der Waals surface area contributed by atoms with Crippen molar-refractivity contribution in [2.45, 2.75) is 39.2 Å². The fourth-order valence-corrected chi connectivity index (χ4v) is 3.08. The molecule has 11 heavy (non-hydrogen) atoms. The molecule has 0 bridgehead atoms. The maximum absolute atomic E-state index is 2.65. The second-order valence-corrected chi connectivity index (χ2v) is 4.18. The minimum atomic E-state index is 0.882. The van der Waals surface area contributed by atoms with Gasteiger partial charge in [0, 0.05) is 12.6 Å². The molecule has 0 aromatic heterocycles. The van der Waals surface area contributed by atoms with Gasteiger partial charge in [-0.15, -0.1) is 0 Å². The molecule has 2 fully saturated rings. The summed E-state index contributed by atoms with van der Waals surface area (Å²) in [7, 11) is 0. The molecule has 0 spiro atoms. The van der Waals surface area contributed by atoms with Gasteiger partial charge >= 0.3 is 0 Å². The molecule has 1 aliphatic carbocycles. The molecule has 0 N–H and O–H groups in total. The van der Waals surface area contributed by atoms with Crippen LogP contribution in [-0.4, -0.2) is 24.0 Å². The fraction of sp³-hybridized carbons (Fsp3) is 1.00. The summed E-state index contributed by atoms with van der Waals surface area (Å²) in [6.07, 6.45) is 4.51. The lowest BCUT2D eigenvalue weighted by Gasteiger charge is -2.21. The molecule has 1 heterocycles. The predicted molar refractivity (Wildman–Crippen MR) is 47.5 cm³/mol. The Morgan fingerprint density at radius 3 is 2.82 bits per heavy atom. The molecule has 1 heteroatoms. The topological polar surface area (TPSA) is 3.24 Å². The first kappa shape index (κ1) is 7.60. The van der Waals surface area contributed by atoms with E-state index in [1.807, 2.05) is 0 Å². The van der Waals surface area contributed by atoms with Crippen LogP contribution in [0.1, 0.15) is 33.1 Å². The Kier molecular flexibility index (Phi) is 1.92. The highest BCUT2D eigenvalue weighted by atomic mass is 15.2. The predicted octanol–water partition coefficient (Wildman–Crippen LogP) is 2.13. The van der Waals surface area contributed by atoms with Gasteiger partial charge in [-0.05, 0) is 38.1 Å². The van der Waals surface area contributed by atoms with Crippen molar-refractivity contribution >= 4 is 0 Å². The lowest BCUT2D eigenvalue weighted by Crippen LogP contribution is -2.29. The monoisotopic (exact) mass is 153 g/mol. The van der Waals surface area contributed by atoms with Gasteiger partial charge in [-0.1, -0.05) is 13.3 Å². The third-order valence-corrected chi connectivity index (χ3v) is 3.79. The molecule has 1 saturated carbocycles. The molecular formula is C10H19N. The summed E-state index contributed by atoms with van der Waals surface area (Å²) in [5.74, 6) is 2.11. The van der Waals surface area contributed by atoms with Gasteiger partial charge in [-0.2, -0.15) is 0 Å². The zero-order chi connectivity index (χ0) is 7.84. The quantitative estimate of drug-likeness (QED) is 0.558. The van der Waals surface area contributed by atoms with Crippen molar-refractivity contribution in [1.29, 1.82) is 0 Å². The molecule has 3 atom stereocenters. The van der Waals surface area contributed by atoms with Crippen molar-refractivity contribution < 1.29 is 0 Å². The van der Waals surface area contributed by atoms with Crippen LogP contribution in [0.25, 0.3) is 0 Å². The van der Waals surface area contributed by atoms with E-state index in [9.17, 15) is 0 Å². The average molecular weight is 153 g/mol. The van der Waals surface area contributed by atoms with Crippen LogP contribution < -0.4 is 0 Å². The third kappa shape index (κ3) is 1.10. The lowest BCUT2D eigenvalue weighted by atomic mass is 9.95. The highest BCUT2D eigenvalue weighted by Gasteiger charge is 2.40. The highest BCUT2D eigenvalue weighted by molar-refractivity contribution is 4.93. The van der Waals surface area contributed by atoms with Crippen LogP contribution in [0.15, 0.2) is 0 Å². The zero-order valence-electron chi connectivity index (χ0n) is 7.71. The Labute approximate surface area is 69.8 Å². The number of hydrogen-bond donors (Lipinski definition) is 0. The van der Waals surface area contributed by atoms with Gasteiger partial charge in [0.1, 0.15) is 0 Å². The van der Waals surface area contributed by atoms with E-state index in [0.29, 0.717) is 0 Å². The number of likely N-dealkylation sites (tertiary alicyclic amines) is 1. The molecule has 1 aliphatic heterocycles. The third-order valence-electron chi connectivity index (χ3n) is 3.79. The molecule has 0 radical (unpaired) electrons. The molecule has 0 amide bonds. The van der Waals surface area contributed by atoms with E-state index in [0.717, 1.165) is 17.9 Å². The van der Waals surface area contributed by atoms with Crippen molar-refractivity contribution in [2.24, 2.45) is 11.8 Å².